The van der Waals surface area contributed by atoms with Crippen molar-refractivity contribution in [2.45, 2.75) is 24.8 Å². The lowest BCUT2D eigenvalue weighted by atomic mass is 10.1. The van der Waals surface area contributed by atoms with E-state index in [1.54, 1.807) is 0 Å². The zero-order chi connectivity index (χ0) is 16.0. The van der Waals surface area contributed by atoms with E-state index in [1.165, 1.54) is 19.1 Å². The van der Waals surface area contributed by atoms with Crippen molar-refractivity contribution in [3.8, 4) is 0 Å². The van der Waals surface area contributed by atoms with Crippen molar-refractivity contribution in [3.63, 3.8) is 0 Å². The fraction of sp³-hybridized carbons (Fsp3) is 0.417. The minimum Gasteiger partial charge on any atom is -0.310 e. The van der Waals surface area contributed by atoms with Gasteiger partial charge in [0.05, 0.1) is 11.3 Å². The summed E-state index contributed by atoms with van der Waals surface area (Å²) in [5, 5.41) is -1.63. The lowest BCUT2D eigenvalue weighted by Gasteiger charge is -2.23. The molecule has 0 aromatic heterocycles. The summed E-state index contributed by atoms with van der Waals surface area (Å²) in [5.74, 6) is -0.846. The molecule has 116 valence electrons. The summed E-state index contributed by atoms with van der Waals surface area (Å²) < 4.78 is 73.7. The summed E-state index contributed by atoms with van der Waals surface area (Å²) >= 11 is 0. The number of halogens is 4. The number of hydrogen-bond acceptors (Lipinski definition) is 3. The van der Waals surface area contributed by atoms with Crippen LogP contribution in [-0.4, -0.2) is 26.1 Å². The van der Waals surface area contributed by atoms with Gasteiger partial charge in [0.1, 0.15) is 5.25 Å². The Labute approximate surface area is 118 Å². The second-order valence-electron chi connectivity index (χ2n) is 4.77. The van der Waals surface area contributed by atoms with E-state index in [0.29, 0.717) is 4.90 Å². The third kappa shape index (κ3) is 3.02. The van der Waals surface area contributed by atoms with Crippen LogP contribution >= 0.6 is 0 Å². The van der Waals surface area contributed by atoms with Crippen LogP contribution in [0.15, 0.2) is 18.2 Å². The van der Waals surface area contributed by atoms with E-state index in [-0.39, 0.29) is 5.56 Å². The second kappa shape index (κ2) is 4.97. The molecule has 1 aromatic rings. The Hall–Kier alpha value is -1.64. The highest BCUT2D eigenvalue weighted by Gasteiger charge is 2.43. The molecule has 1 heterocycles. The molecule has 0 aliphatic carbocycles. The van der Waals surface area contributed by atoms with E-state index in [2.05, 4.69) is 0 Å². The average molecular weight is 325 g/mol. The minimum atomic E-state index is -4.98. The van der Waals surface area contributed by atoms with Gasteiger partial charge >= 0.3 is 16.4 Å². The Kier molecular flexibility index (Phi) is 3.73. The van der Waals surface area contributed by atoms with Crippen molar-refractivity contribution in [1.82, 2.24) is 0 Å². The maximum atomic E-state index is 13.0. The quantitative estimate of drug-likeness (QED) is 0.620. The zero-order valence-corrected chi connectivity index (χ0v) is 11.6. The highest BCUT2D eigenvalue weighted by Crippen LogP contribution is 2.40. The number of anilines is 1. The first-order chi connectivity index (χ1) is 9.51. The maximum Gasteiger partial charge on any atom is 0.418 e. The number of carbonyl (C=O) groups is 1. The van der Waals surface area contributed by atoms with Crippen LogP contribution in [-0.2, 0) is 21.2 Å². The smallest absolute Gasteiger partial charge is 0.310 e. The van der Waals surface area contributed by atoms with Crippen molar-refractivity contribution in [2.75, 3.05) is 11.4 Å². The fourth-order valence-corrected chi connectivity index (χ4v) is 2.99. The van der Waals surface area contributed by atoms with Gasteiger partial charge in [-0.3, -0.25) is 4.79 Å². The summed E-state index contributed by atoms with van der Waals surface area (Å²) in [7, 11) is -4.98. The van der Waals surface area contributed by atoms with E-state index in [9.17, 15) is 30.3 Å². The van der Waals surface area contributed by atoms with E-state index in [1.807, 2.05) is 0 Å². The average Bonchev–Trinajstić information content (AvgIpc) is 2.69. The van der Waals surface area contributed by atoms with Gasteiger partial charge in [0.2, 0.25) is 5.91 Å². The molecule has 0 radical (unpaired) electrons. The van der Waals surface area contributed by atoms with Crippen LogP contribution in [0.1, 0.15) is 17.5 Å². The van der Waals surface area contributed by atoms with Gasteiger partial charge in [0.15, 0.2) is 0 Å². The normalized spacial score (nSPS) is 20.1. The number of carbonyl (C=O) groups excluding carboxylic acids is 1. The van der Waals surface area contributed by atoms with Crippen LogP contribution < -0.4 is 4.90 Å². The van der Waals surface area contributed by atoms with Gasteiger partial charge in [-0.25, -0.2) is 0 Å². The van der Waals surface area contributed by atoms with Gasteiger partial charge in [0.25, 0.3) is 0 Å². The number of benzene rings is 1. The van der Waals surface area contributed by atoms with Gasteiger partial charge in [-0.2, -0.15) is 21.6 Å². The maximum absolute atomic E-state index is 13.0. The first-order valence-electron chi connectivity index (χ1n) is 5.92. The molecule has 4 nitrogen and oxygen atoms in total. The van der Waals surface area contributed by atoms with Gasteiger partial charge in [-0.15, -0.1) is 3.89 Å². The Morgan fingerprint density at radius 3 is 2.38 bits per heavy atom. The monoisotopic (exact) mass is 325 g/mol. The van der Waals surface area contributed by atoms with E-state index < -0.39 is 51.8 Å². The molecule has 2 rings (SSSR count). The molecule has 1 saturated heterocycles. The van der Waals surface area contributed by atoms with E-state index >= 15 is 0 Å². The molecule has 21 heavy (non-hydrogen) atoms. The number of alkyl halides is 3. The lowest BCUT2D eigenvalue weighted by Crippen LogP contribution is -2.29. The predicted molar refractivity (Wildman–Crippen MR) is 67.0 cm³/mol. The van der Waals surface area contributed by atoms with Crippen LogP contribution in [0.25, 0.3) is 0 Å². The first kappa shape index (κ1) is 15.7. The van der Waals surface area contributed by atoms with Gasteiger partial charge < -0.3 is 4.90 Å². The van der Waals surface area contributed by atoms with Crippen LogP contribution in [0.4, 0.5) is 22.7 Å². The summed E-state index contributed by atoms with van der Waals surface area (Å²) in [6, 6.07) is 3.35. The molecule has 0 spiro atoms. The molecule has 1 aliphatic rings. The van der Waals surface area contributed by atoms with E-state index in [4.69, 9.17) is 0 Å². The van der Waals surface area contributed by atoms with Gasteiger partial charge in [-0.05, 0) is 18.6 Å². The number of para-hydroxylation sites is 1. The topological polar surface area (TPSA) is 54.5 Å². The van der Waals surface area contributed by atoms with E-state index in [0.717, 1.165) is 6.07 Å². The zero-order valence-electron chi connectivity index (χ0n) is 10.8. The number of amides is 1. The standard InChI is InChI=1S/C12H11F4NO3S/c1-7-3-2-4-9(12(13,14)15)11(7)17-6-8(5-10(17)18)21(16,19)20/h2-4,8H,5-6H2,1H3. The molecule has 1 aromatic carbocycles. The van der Waals surface area contributed by atoms with Gasteiger partial charge in [-0.1, -0.05) is 12.1 Å². The number of hydrogen-bond donors (Lipinski definition) is 0. The summed E-state index contributed by atoms with van der Waals surface area (Å²) in [5.41, 5.74) is -1.30. The molecule has 1 atom stereocenters. The molecule has 9 heteroatoms. The molecular formula is C12H11F4NO3S. The summed E-state index contributed by atoms with van der Waals surface area (Å²) in [4.78, 5) is 12.5. The molecule has 1 fully saturated rings. The highest BCUT2D eigenvalue weighted by atomic mass is 32.3. The molecule has 1 aliphatic heterocycles. The molecular weight excluding hydrogens is 314 g/mol. The largest absolute Gasteiger partial charge is 0.418 e. The highest BCUT2D eigenvalue weighted by molar-refractivity contribution is 7.87. The molecule has 1 unspecified atom stereocenters. The van der Waals surface area contributed by atoms with Crippen molar-refractivity contribution < 1.29 is 30.3 Å². The summed E-state index contributed by atoms with van der Waals surface area (Å²) in [6.07, 6.45) is -5.36. The van der Waals surface area contributed by atoms with Crippen LogP contribution in [0.5, 0.6) is 0 Å². The van der Waals surface area contributed by atoms with Crippen molar-refractivity contribution >= 4 is 21.8 Å². The Morgan fingerprint density at radius 1 is 1.29 bits per heavy atom. The number of aryl methyl sites for hydroxylation is 1. The first-order valence-corrected chi connectivity index (χ1v) is 7.37. The summed E-state index contributed by atoms with van der Waals surface area (Å²) in [6.45, 7) is 0.751. The minimum absolute atomic E-state index is 0.162. The molecule has 0 bridgehead atoms. The predicted octanol–water partition coefficient (Wildman–Crippen LogP) is 2.42. The lowest BCUT2D eigenvalue weighted by molar-refractivity contribution is -0.137. The van der Waals surface area contributed by atoms with Crippen LogP contribution in [0, 0.1) is 6.92 Å². The Morgan fingerprint density at radius 2 is 1.90 bits per heavy atom. The number of rotatable bonds is 2. The van der Waals surface area contributed by atoms with Crippen molar-refractivity contribution in [3.05, 3.63) is 29.3 Å². The Balaban J connectivity index is 2.51. The van der Waals surface area contributed by atoms with Crippen LogP contribution in [0.3, 0.4) is 0 Å². The SMILES string of the molecule is Cc1cccc(C(F)(F)F)c1N1CC(S(=O)(=O)F)CC1=O. The van der Waals surface area contributed by atoms with Crippen molar-refractivity contribution in [2.24, 2.45) is 0 Å². The van der Waals surface area contributed by atoms with Gasteiger partial charge in [0, 0.05) is 13.0 Å². The third-order valence-corrected chi connectivity index (χ3v) is 4.41. The third-order valence-electron chi connectivity index (χ3n) is 3.30. The fourth-order valence-electron chi connectivity index (χ4n) is 2.33. The van der Waals surface area contributed by atoms with Crippen LogP contribution in [0.2, 0.25) is 0 Å². The second-order valence-corrected chi connectivity index (χ2v) is 6.39. The van der Waals surface area contributed by atoms with Crippen molar-refractivity contribution in [1.29, 1.82) is 0 Å². The molecule has 0 N–H and O–H groups in total. The Bertz CT molecular complexity index is 684. The molecule has 0 saturated carbocycles. The molecule has 1 amide bonds. The number of nitrogens with zero attached hydrogens (tertiary/aromatic N) is 1.